The Kier molecular flexibility index (Phi) is 2.77. The van der Waals surface area contributed by atoms with E-state index in [-0.39, 0.29) is 0 Å². The lowest BCUT2D eigenvalue weighted by molar-refractivity contribution is 1.17. The Labute approximate surface area is 111 Å². The van der Waals surface area contributed by atoms with Crippen molar-refractivity contribution in [1.82, 2.24) is 9.97 Å². The van der Waals surface area contributed by atoms with Gasteiger partial charge in [-0.15, -0.1) is 6.42 Å². The van der Waals surface area contributed by atoms with Crippen molar-refractivity contribution >= 4 is 22.2 Å². The maximum atomic E-state index is 5.78. The molecule has 91 valence electrons. The number of fused-ring (bicyclic) bond motifs is 1. The molecule has 0 unspecified atom stereocenters. The number of nitrogen functional groups attached to an aromatic ring is 1. The largest absolute Gasteiger partial charge is 0.399 e. The van der Waals surface area contributed by atoms with E-state index in [2.05, 4.69) is 22.3 Å². The Morgan fingerprint density at radius 1 is 1.26 bits per heavy atom. The number of nitrogens with two attached hydrogens (primary N) is 1. The van der Waals surface area contributed by atoms with Crippen molar-refractivity contribution < 1.29 is 0 Å². The number of nitrogens with zero attached hydrogens (tertiary/aromatic N) is 2. The summed E-state index contributed by atoms with van der Waals surface area (Å²) in [6.45, 7) is 0. The molecule has 2 aromatic rings. The van der Waals surface area contributed by atoms with Gasteiger partial charge in [0.2, 0.25) is 0 Å². The van der Waals surface area contributed by atoms with E-state index in [1.165, 1.54) is 0 Å². The molecule has 1 radical (unpaired) electrons. The van der Waals surface area contributed by atoms with Crippen molar-refractivity contribution in [3.8, 4) is 12.3 Å². The number of allylic oxidation sites excluding steroid dienone is 4. The molecule has 0 amide bonds. The van der Waals surface area contributed by atoms with Crippen molar-refractivity contribution in [3.05, 3.63) is 54.4 Å². The summed E-state index contributed by atoms with van der Waals surface area (Å²) in [6, 6.07) is 5.63. The summed E-state index contributed by atoms with van der Waals surface area (Å²) in [5, 5.41) is 0.964. The lowest BCUT2D eigenvalue weighted by Crippen LogP contribution is -1.99. The van der Waals surface area contributed by atoms with Gasteiger partial charge in [0.25, 0.3) is 0 Å². The first-order valence-corrected chi connectivity index (χ1v) is 6.01. The first-order chi connectivity index (χ1) is 9.29. The SMILES string of the molecule is C#CC1=C(c2ncnc3cc(N)ccc23)[CH]CC=C1. The van der Waals surface area contributed by atoms with Crippen molar-refractivity contribution in [1.29, 1.82) is 0 Å². The second-order valence-electron chi connectivity index (χ2n) is 4.31. The third-order valence-corrected chi connectivity index (χ3v) is 3.10. The molecule has 0 aliphatic heterocycles. The fourth-order valence-electron chi connectivity index (χ4n) is 2.21. The predicted octanol–water partition coefficient (Wildman–Crippen LogP) is 2.76. The maximum absolute atomic E-state index is 5.78. The van der Waals surface area contributed by atoms with E-state index in [1.807, 2.05) is 30.4 Å². The summed E-state index contributed by atoms with van der Waals surface area (Å²) >= 11 is 0. The number of terminal acetylenes is 1. The highest BCUT2D eigenvalue weighted by Crippen LogP contribution is 2.30. The van der Waals surface area contributed by atoms with Gasteiger partial charge in [-0.1, -0.05) is 18.1 Å². The Hall–Kier alpha value is -2.60. The quantitative estimate of drug-likeness (QED) is 0.621. The number of aromatic nitrogens is 2. The highest BCUT2D eigenvalue weighted by molar-refractivity contribution is 5.95. The summed E-state index contributed by atoms with van der Waals surface area (Å²) in [5.74, 6) is 2.71. The minimum absolute atomic E-state index is 0.691. The molecule has 1 aliphatic rings. The van der Waals surface area contributed by atoms with Crippen LogP contribution in [0.3, 0.4) is 0 Å². The van der Waals surface area contributed by atoms with Gasteiger partial charge in [-0.2, -0.15) is 0 Å². The fourth-order valence-corrected chi connectivity index (χ4v) is 2.21. The van der Waals surface area contributed by atoms with Crippen LogP contribution in [0, 0.1) is 18.8 Å². The zero-order valence-corrected chi connectivity index (χ0v) is 10.3. The van der Waals surface area contributed by atoms with E-state index >= 15 is 0 Å². The molecule has 0 atom stereocenters. The van der Waals surface area contributed by atoms with E-state index in [1.54, 1.807) is 6.33 Å². The average molecular weight is 246 g/mol. The van der Waals surface area contributed by atoms with E-state index in [0.717, 1.165) is 34.2 Å². The first-order valence-electron chi connectivity index (χ1n) is 6.01. The van der Waals surface area contributed by atoms with Crippen LogP contribution in [0.1, 0.15) is 12.1 Å². The molecule has 0 saturated heterocycles. The molecule has 3 heteroatoms. The third kappa shape index (κ3) is 1.98. The standard InChI is InChI=1S/C16H12N3/c1-2-11-5-3-4-6-13(11)16-14-8-7-12(17)9-15(14)18-10-19-16/h1,3,5-10H,4,17H2. The normalized spacial score (nSPS) is 14.7. The minimum Gasteiger partial charge on any atom is -0.399 e. The second-order valence-corrected chi connectivity index (χ2v) is 4.31. The Balaban J connectivity index is 2.29. The third-order valence-electron chi connectivity index (χ3n) is 3.10. The predicted molar refractivity (Wildman–Crippen MR) is 77.8 cm³/mol. The molecular formula is C16H12N3. The lowest BCUT2D eigenvalue weighted by Gasteiger charge is -2.13. The molecule has 3 rings (SSSR count). The van der Waals surface area contributed by atoms with Gasteiger partial charge in [-0.05, 0) is 36.6 Å². The van der Waals surface area contributed by atoms with Crippen LogP contribution in [-0.4, -0.2) is 9.97 Å². The maximum Gasteiger partial charge on any atom is 0.116 e. The summed E-state index contributed by atoms with van der Waals surface area (Å²) in [6.07, 6.45) is 14.1. The highest BCUT2D eigenvalue weighted by Gasteiger charge is 2.14. The molecule has 1 aromatic carbocycles. The molecule has 0 spiro atoms. The molecule has 1 aliphatic carbocycles. The van der Waals surface area contributed by atoms with Crippen LogP contribution < -0.4 is 5.73 Å². The molecule has 3 nitrogen and oxygen atoms in total. The number of benzene rings is 1. The fraction of sp³-hybridized carbons (Fsp3) is 0.0625. The molecule has 1 aromatic heterocycles. The summed E-state index contributed by atoms with van der Waals surface area (Å²) in [5.41, 5.74) is 10.0. The Morgan fingerprint density at radius 3 is 3.00 bits per heavy atom. The van der Waals surface area contributed by atoms with Crippen molar-refractivity contribution in [2.75, 3.05) is 5.73 Å². The Bertz CT molecular complexity index is 748. The highest BCUT2D eigenvalue weighted by atomic mass is 14.8. The number of anilines is 1. The summed E-state index contributed by atoms with van der Waals surface area (Å²) in [7, 11) is 0. The van der Waals surface area contributed by atoms with Gasteiger partial charge < -0.3 is 5.73 Å². The molecule has 0 bridgehead atoms. The number of rotatable bonds is 1. The first kappa shape index (κ1) is 11.5. The smallest absolute Gasteiger partial charge is 0.116 e. The average Bonchev–Trinajstić information content (AvgIpc) is 2.46. The van der Waals surface area contributed by atoms with Crippen LogP contribution in [0.25, 0.3) is 16.5 Å². The van der Waals surface area contributed by atoms with Crippen LogP contribution in [-0.2, 0) is 0 Å². The topological polar surface area (TPSA) is 51.8 Å². The van der Waals surface area contributed by atoms with E-state index < -0.39 is 0 Å². The number of hydrogen-bond donors (Lipinski definition) is 1. The van der Waals surface area contributed by atoms with E-state index in [4.69, 9.17) is 12.2 Å². The van der Waals surface area contributed by atoms with Crippen molar-refractivity contribution in [3.63, 3.8) is 0 Å². The molecule has 19 heavy (non-hydrogen) atoms. The van der Waals surface area contributed by atoms with Gasteiger partial charge in [0.15, 0.2) is 0 Å². The van der Waals surface area contributed by atoms with Crippen LogP contribution in [0.15, 0.2) is 42.3 Å². The zero-order chi connectivity index (χ0) is 13.2. The van der Waals surface area contributed by atoms with Gasteiger partial charge >= 0.3 is 0 Å². The van der Waals surface area contributed by atoms with E-state index in [0.29, 0.717) is 5.69 Å². The van der Waals surface area contributed by atoms with Crippen LogP contribution in [0.4, 0.5) is 5.69 Å². The van der Waals surface area contributed by atoms with Gasteiger partial charge in [-0.3, -0.25) is 0 Å². The van der Waals surface area contributed by atoms with Crippen LogP contribution in [0.2, 0.25) is 0 Å². The van der Waals surface area contributed by atoms with Crippen molar-refractivity contribution in [2.24, 2.45) is 0 Å². The van der Waals surface area contributed by atoms with Crippen LogP contribution in [0.5, 0.6) is 0 Å². The molecular weight excluding hydrogens is 234 g/mol. The summed E-state index contributed by atoms with van der Waals surface area (Å²) in [4.78, 5) is 8.64. The van der Waals surface area contributed by atoms with Crippen LogP contribution >= 0.6 is 0 Å². The minimum atomic E-state index is 0.691. The van der Waals surface area contributed by atoms with Gasteiger partial charge in [0.05, 0.1) is 11.2 Å². The molecule has 1 heterocycles. The van der Waals surface area contributed by atoms with Gasteiger partial charge in [0.1, 0.15) is 6.33 Å². The van der Waals surface area contributed by atoms with E-state index in [9.17, 15) is 0 Å². The van der Waals surface area contributed by atoms with Crippen molar-refractivity contribution in [2.45, 2.75) is 6.42 Å². The van der Waals surface area contributed by atoms with Gasteiger partial charge in [-0.25, -0.2) is 9.97 Å². The second kappa shape index (κ2) is 4.58. The number of hydrogen-bond acceptors (Lipinski definition) is 3. The summed E-state index contributed by atoms with van der Waals surface area (Å²) < 4.78 is 0. The molecule has 2 N–H and O–H groups in total. The van der Waals surface area contributed by atoms with Gasteiger partial charge in [0, 0.05) is 16.6 Å². The monoisotopic (exact) mass is 246 g/mol. The Morgan fingerprint density at radius 2 is 2.16 bits per heavy atom. The molecule has 0 saturated carbocycles. The molecule has 0 fully saturated rings. The zero-order valence-electron chi connectivity index (χ0n) is 10.3. The lowest BCUT2D eigenvalue weighted by atomic mass is 9.93.